The van der Waals surface area contributed by atoms with E-state index in [1.54, 1.807) is 0 Å². The molecule has 17 nitrogen and oxygen atoms in total. The van der Waals surface area contributed by atoms with Crippen molar-refractivity contribution in [2.75, 3.05) is 39.6 Å². The smallest absolute Gasteiger partial charge is 0.462 e. The second-order valence-electron chi connectivity index (χ2n) is 27.3. The maximum Gasteiger partial charge on any atom is 0.472 e. The Hall–Kier alpha value is -1.94. The maximum atomic E-state index is 13.0. The molecule has 0 radical (unpaired) electrons. The standard InChI is InChI=1S/C71H138O17P2/c1-9-64(8)50-42-34-26-19-22-30-38-46-54-71(76)88-67(58-82-69(74)52-44-36-28-21-18-25-33-41-49-63(6)7)60-86-90(79,80)84-56-65(72)55-83-89(77,78)85-59-66(57-81-68(73)51-43-35-27-20-17-24-32-40-48-62(4)5)87-70(75)53-45-37-29-16-14-12-10-11-13-15-23-31-39-47-61(2)3/h61-67,72H,9-60H2,1-8H3,(H,77,78)(H,79,80)/t64?,65?,66-,67-/m1/s1. The Balaban J connectivity index is 5.26. The minimum absolute atomic E-state index is 0.104. The van der Waals surface area contributed by atoms with E-state index < -0.39 is 97.5 Å². The summed E-state index contributed by atoms with van der Waals surface area (Å²) < 4.78 is 68.3. The first-order valence-corrected chi connectivity index (χ1v) is 39.7. The lowest BCUT2D eigenvalue weighted by atomic mass is 9.99. The zero-order valence-corrected chi connectivity index (χ0v) is 60.6. The van der Waals surface area contributed by atoms with Crippen LogP contribution in [0.15, 0.2) is 0 Å². The van der Waals surface area contributed by atoms with Crippen molar-refractivity contribution in [2.24, 2.45) is 23.7 Å². The molecule has 3 N–H and O–H groups in total. The SMILES string of the molecule is CCC(C)CCCCCCCCCCC(=O)O[C@H](COC(=O)CCCCCCCCCCC(C)C)COP(=O)(O)OCC(O)COP(=O)(O)OC[C@@H](COC(=O)CCCCCCCCCCC(C)C)OC(=O)CCCCCCCCCCCCCCCC(C)C. The van der Waals surface area contributed by atoms with Crippen molar-refractivity contribution in [3.63, 3.8) is 0 Å². The Morgan fingerprint density at radius 2 is 0.533 bits per heavy atom. The van der Waals surface area contributed by atoms with Gasteiger partial charge in [0.1, 0.15) is 19.3 Å². The number of esters is 4. The van der Waals surface area contributed by atoms with Crippen molar-refractivity contribution >= 4 is 39.5 Å². The van der Waals surface area contributed by atoms with Gasteiger partial charge >= 0.3 is 39.5 Å². The van der Waals surface area contributed by atoms with Crippen LogP contribution in [0.25, 0.3) is 0 Å². The van der Waals surface area contributed by atoms with Crippen molar-refractivity contribution in [3.8, 4) is 0 Å². The van der Waals surface area contributed by atoms with Gasteiger partial charge in [0.15, 0.2) is 12.2 Å². The maximum absolute atomic E-state index is 13.0. The average molecular weight is 1330 g/mol. The summed E-state index contributed by atoms with van der Waals surface area (Å²) in [4.78, 5) is 72.6. The summed E-state index contributed by atoms with van der Waals surface area (Å²) in [5.41, 5.74) is 0. The zero-order chi connectivity index (χ0) is 66.8. The fourth-order valence-electron chi connectivity index (χ4n) is 10.6. The average Bonchev–Trinajstić information content (AvgIpc) is 3.50. The molecule has 6 atom stereocenters. The van der Waals surface area contributed by atoms with E-state index in [0.717, 1.165) is 114 Å². The van der Waals surface area contributed by atoms with Crippen LogP contribution in [-0.2, 0) is 65.4 Å². The number of carbonyl (C=O) groups excluding carboxylic acids is 4. The van der Waals surface area contributed by atoms with Crippen LogP contribution < -0.4 is 0 Å². The van der Waals surface area contributed by atoms with Crippen LogP contribution >= 0.6 is 15.6 Å². The van der Waals surface area contributed by atoms with Crippen LogP contribution in [0, 0.1) is 23.7 Å². The van der Waals surface area contributed by atoms with Crippen LogP contribution in [0.5, 0.6) is 0 Å². The zero-order valence-electron chi connectivity index (χ0n) is 58.8. The van der Waals surface area contributed by atoms with E-state index in [1.807, 2.05) is 0 Å². The first-order chi connectivity index (χ1) is 43.1. The third-order valence-electron chi connectivity index (χ3n) is 16.7. The summed E-state index contributed by atoms with van der Waals surface area (Å²) in [6.07, 6.45) is 43.0. The lowest BCUT2D eigenvalue weighted by molar-refractivity contribution is -0.161. The van der Waals surface area contributed by atoms with Gasteiger partial charge in [-0.1, -0.05) is 299 Å². The summed E-state index contributed by atoms with van der Waals surface area (Å²) in [6, 6.07) is 0. The van der Waals surface area contributed by atoms with Gasteiger partial charge in [0.25, 0.3) is 0 Å². The Labute approximate surface area is 549 Å². The number of hydrogen-bond donors (Lipinski definition) is 3. The van der Waals surface area contributed by atoms with Crippen LogP contribution in [0.3, 0.4) is 0 Å². The number of carbonyl (C=O) groups is 4. The van der Waals surface area contributed by atoms with Crippen molar-refractivity contribution < 1.29 is 80.2 Å². The number of phosphoric ester groups is 2. The van der Waals surface area contributed by atoms with Crippen molar-refractivity contribution in [1.82, 2.24) is 0 Å². The molecule has 0 aliphatic rings. The minimum Gasteiger partial charge on any atom is -0.462 e. The topological polar surface area (TPSA) is 237 Å². The number of hydrogen-bond acceptors (Lipinski definition) is 15. The Morgan fingerprint density at radius 3 is 0.789 bits per heavy atom. The molecule has 0 aromatic rings. The molecule has 0 bridgehead atoms. The molecular formula is C71H138O17P2. The fraction of sp³-hybridized carbons (Fsp3) is 0.944. The van der Waals surface area contributed by atoms with E-state index in [4.69, 9.17) is 37.0 Å². The fourth-order valence-corrected chi connectivity index (χ4v) is 12.2. The van der Waals surface area contributed by atoms with Crippen LogP contribution in [0.1, 0.15) is 351 Å². The number of phosphoric acid groups is 2. The van der Waals surface area contributed by atoms with E-state index in [-0.39, 0.29) is 25.7 Å². The highest BCUT2D eigenvalue weighted by Crippen LogP contribution is 2.45. The normalized spacial score (nSPS) is 14.6. The van der Waals surface area contributed by atoms with Crippen molar-refractivity contribution in [2.45, 2.75) is 369 Å². The summed E-state index contributed by atoms with van der Waals surface area (Å²) >= 11 is 0. The molecule has 0 aliphatic carbocycles. The molecule has 0 heterocycles. The second-order valence-corrected chi connectivity index (χ2v) is 30.2. The number of unbranched alkanes of at least 4 members (excludes halogenated alkanes) is 33. The highest BCUT2D eigenvalue weighted by molar-refractivity contribution is 7.47. The molecule has 0 spiro atoms. The molecule has 0 aliphatic heterocycles. The monoisotopic (exact) mass is 1320 g/mol. The second kappa shape index (κ2) is 60.7. The van der Waals surface area contributed by atoms with E-state index in [9.17, 15) is 43.2 Å². The molecule has 0 aromatic heterocycles. The van der Waals surface area contributed by atoms with Gasteiger partial charge in [0.05, 0.1) is 26.4 Å². The van der Waals surface area contributed by atoms with Gasteiger partial charge in [-0.25, -0.2) is 9.13 Å². The lowest BCUT2D eigenvalue weighted by Gasteiger charge is -2.21. The minimum atomic E-state index is -4.95. The van der Waals surface area contributed by atoms with Crippen LogP contribution in [-0.4, -0.2) is 96.7 Å². The highest BCUT2D eigenvalue weighted by Gasteiger charge is 2.30. The molecule has 90 heavy (non-hydrogen) atoms. The molecule has 19 heteroatoms. The largest absolute Gasteiger partial charge is 0.472 e. The van der Waals surface area contributed by atoms with Gasteiger partial charge in [0.2, 0.25) is 0 Å². The third-order valence-corrected chi connectivity index (χ3v) is 18.6. The van der Waals surface area contributed by atoms with Gasteiger partial charge < -0.3 is 33.8 Å². The molecular weight excluding hydrogens is 1190 g/mol. The first kappa shape index (κ1) is 88.1. The number of aliphatic hydroxyl groups is 1. The Bertz CT molecular complexity index is 1780. The Morgan fingerprint density at radius 1 is 0.311 bits per heavy atom. The first-order valence-electron chi connectivity index (χ1n) is 36.7. The predicted octanol–water partition coefficient (Wildman–Crippen LogP) is 20.1. The van der Waals surface area contributed by atoms with E-state index >= 15 is 0 Å². The molecule has 4 unspecified atom stereocenters. The summed E-state index contributed by atoms with van der Waals surface area (Å²) in [5, 5.41) is 10.6. The number of rotatable bonds is 68. The third kappa shape index (κ3) is 63.5. The van der Waals surface area contributed by atoms with E-state index in [2.05, 4.69) is 55.4 Å². The quantitative estimate of drug-likeness (QED) is 0.0222. The van der Waals surface area contributed by atoms with Gasteiger partial charge in [0, 0.05) is 25.7 Å². The molecule has 534 valence electrons. The summed E-state index contributed by atoms with van der Waals surface area (Å²) in [5.74, 6) is 0.879. The van der Waals surface area contributed by atoms with Crippen molar-refractivity contribution in [3.05, 3.63) is 0 Å². The Kier molecular flexibility index (Phi) is 59.4. The van der Waals surface area contributed by atoms with Gasteiger partial charge in [-0.15, -0.1) is 0 Å². The van der Waals surface area contributed by atoms with Crippen molar-refractivity contribution in [1.29, 1.82) is 0 Å². The lowest BCUT2D eigenvalue weighted by Crippen LogP contribution is -2.30. The summed E-state index contributed by atoms with van der Waals surface area (Å²) in [7, 11) is -9.90. The van der Waals surface area contributed by atoms with E-state index in [1.165, 1.54) is 154 Å². The summed E-state index contributed by atoms with van der Waals surface area (Å²) in [6.45, 7) is 14.1. The van der Waals surface area contributed by atoms with Crippen LogP contribution in [0.2, 0.25) is 0 Å². The predicted molar refractivity (Wildman–Crippen MR) is 363 cm³/mol. The molecule has 0 rings (SSSR count). The van der Waals surface area contributed by atoms with Gasteiger partial charge in [-0.05, 0) is 49.4 Å². The van der Waals surface area contributed by atoms with Gasteiger partial charge in [-0.2, -0.15) is 0 Å². The molecule has 0 amide bonds. The molecule has 0 saturated heterocycles. The molecule has 0 fully saturated rings. The highest BCUT2D eigenvalue weighted by atomic mass is 31.2. The van der Waals surface area contributed by atoms with Gasteiger partial charge in [-0.3, -0.25) is 37.3 Å². The molecule has 0 saturated carbocycles. The number of aliphatic hydroxyl groups excluding tert-OH is 1. The number of ether oxygens (including phenoxy) is 4. The van der Waals surface area contributed by atoms with Crippen LogP contribution in [0.4, 0.5) is 0 Å². The molecule has 0 aromatic carbocycles. The van der Waals surface area contributed by atoms with E-state index in [0.29, 0.717) is 25.7 Å².